The van der Waals surface area contributed by atoms with Gasteiger partial charge >= 0.3 is 0 Å². The highest BCUT2D eigenvalue weighted by Crippen LogP contribution is 2.67. The van der Waals surface area contributed by atoms with Crippen molar-refractivity contribution >= 4 is 0 Å². The predicted molar refractivity (Wildman–Crippen MR) is 107 cm³/mol. The summed E-state index contributed by atoms with van der Waals surface area (Å²) in [7, 11) is 0. The summed E-state index contributed by atoms with van der Waals surface area (Å²) in [6, 6.07) is 2.65. The van der Waals surface area contributed by atoms with Gasteiger partial charge in [0.05, 0.1) is 24.2 Å². The average molecular weight is 374 g/mol. The van der Waals surface area contributed by atoms with Crippen LogP contribution in [0.4, 0.5) is 0 Å². The van der Waals surface area contributed by atoms with Crippen molar-refractivity contribution in [1.82, 2.24) is 0 Å². The van der Waals surface area contributed by atoms with Crippen molar-refractivity contribution in [1.29, 1.82) is 5.26 Å². The molecule has 9 atom stereocenters. The van der Waals surface area contributed by atoms with Gasteiger partial charge in [-0.1, -0.05) is 27.7 Å². The molecule has 0 aromatic carbocycles. The minimum atomic E-state index is -0.290. The van der Waals surface area contributed by atoms with E-state index in [0.29, 0.717) is 17.3 Å². The molecule has 0 heterocycles. The van der Waals surface area contributed by atoms with E-state index in [2.05, 4.69) is 33.8 Å². The molecule has 0 saturated heterocycles. The van der Waals surface area contributed by atoms with Crippen molar-refractivity contribution in [3.8, 4) is 6.07 Å². The van der Waals surface area contributed by atoms with E-state index in [1.807, 2.05) is 0 Å². The topological polar surface area (TPSA) is 53.2 Å². The van der Waals surface area contributed by atoms with Gasteiger partial charge < -0.3 is 9.84 Å². The van der Waals surface area contributed by atoms with Gasteiger partial charge in [0.2, 0.25) is 0 Å². The van der Waals surface area contributed by atoms with Crippen LogP contribution in [-0.2, 0) is 4.74 Å². The quantitative estimate of drug-likeness (QED) is 0.741. The summed E-state index contributed by atoms with van der Waals surface area (Å²) >= 11 is 0. The Morgan fingerprint density at radius 2 is 1.81 bits per heavy atom. The molecule has 4 aliphatic carbocycles. The van der Waals surface area contributed by atoms with Crippen LogP contribution in [0.25, 0.3) is 0 Å². The summed E-state index contributed by atoms with van der Waals surface area (Å²) in [6.45, 7) is 10.1. The van der Waals surface area contributed by atoms with Crippen molar-refractivity contribution in [3.63, 3.8) is 0 Å². The minimum Gasteiger partial charge on any atom is -0.390 e. The van der Waals surface area contributed by atoms with Crippen molar-refractivity contribution in [2.24, 2.45) is 46.3 Å². The van der Waals surface area contributed by atoms with E-state index < -0.39 is 0 Å². The van der Waals surface area contributed by atoms with Crippen LogP contribution in [0.3, 0.4) is 0 Å². The van der Waals surface area contributed by atoms with Crippen molar-refractivity contribution in [2.75, 3.05) is 6.61 Å². The minimum absolute atomic E-state index is 0.0103. The zero-order valence-corrected chi connectivity index (χ0v) is 17.8. The normalized spacial score (nSPS) is 52.0. The molecule has 0 bridgehead atoms. The van der Waals surface area contributed by atoms with Gasteiger partial charge in [0.25, 0.3) is 0 Å². The maximum absolute atomic E-state index is 10.7. The first-order valence-corrected chi connectivity index (χ1v) is 11.5. The van der Waals surface area contributed by atoms with Gasteiger partial charge in [-0.05, 0) is 91.8 Å². The van der Waals surface area contributed by atoms with Gasteiger partial charge in [-0.25, -0.2) is 0 Å². The van der Waals surface area contributed by atoms with Crippen LogP contribution in [0.5, 0.6) is 0 Å². The standard InChI is InChI=1S/C24H39NO2/c1-15(2)14-27-22-12-24(4)16(11-21(22)26)5-7-18-19-8-6-17(13-25)23(19,3)10-9-20(18)24/h15-22,26H,5-12,14H2,1-4H3/t16-,17-,18-,19-,20?,21-,22-,23+,24-/m0/s1. The molecule has 0 aromatic rings. The lowest BCUT2D eigenvalue weighted by Gasteiger charge is -2.61. The second-order valence-corrected chi connectivity index (χ2v) is 11.2. The van der Waals surface area contributed by atoms with Crippen molar-refractivity contribution in [2.45, 2.75) is 91.3 Å². The van der Waals surface area contributed by atoms with E-state index in [4.69, 9.17) is 4.74 Å². The summed E-state index contributed by atoms with van der Waals surface area (Å²) < 4.78 is 6.20. The first kappa shape index (κ1) is 19.7. The molecule has 4 fully saturated rings. The summed E-state index contributed by atoms with van der Waals surface area (Å²) in [6.07, 6.45) is 9.10. The summed E-state index contributed by atoms with van der Waals surface area (Å²) in [5, 5.41) is 20.4. The van der Waals surface area contributed by atoms with Gasteiger partial charge in [-0.3, -0.25) is 0 Å². The number of rotatable bonds is 3. The fraction of sp³-hybridized carbons (Fsp3) is 0.958. The Morgan fingerprint density at radius 3 is 2.52 bits per heavy atom. The molecule has 152 valence electrons. The number of nitriles is 1. The molecular formula is C24H39NO2. The van der Waals surface area contributed by atoms with Crippen LogP contribution in [0.15, 0.2) is 0 Å². The number of aliphatic hydroxyl groups is 1. The molecule has 3 nitrogen and oxygen atoms in total. The molecule has 0 spiro atoms. The molecule has 4 rings (SSSR count). The second kappa shape index (κ2) is 7.03. The molecular weight excluding hydrogens is 334 g/mol. The number of fused-ring (bicyclic) bond motifs is 5. The molecule has 0 amide bonds. The monoisotopic (exact) mass is 373 g/mol. The number of nitrogens with zero attached hydrogens (tertiary/aromatic N) is 1. The SMILES string of the molecule is CC(C)CO[C@H]1C[C@]2(C)C3CC[C@]4(C)[C@H](C#N)CC[C@H]4[C@@H]3CC[C@H]2C[C@@H]1O. The number of ether oxygens (including phenoxy) is 1. The smallest absolute Gasteiger partial charge is 0.0839 e. The van der Waals surface area contributed by atoms with Gasteiger partial charge in [-0.2, -0.15) is 5.26 Å². The Kier molecular flexibility index (Phi) is 5.13. The Balaban J connectivity index is 1.55. The van der Waals surface area contributed by atoms with Crippen molar-refractivity contribution in [3.05, 3.63) is 0 Å². The third-order valence-corrected chi connectivity index (χ3v) is 9.46. The highest BCUT2D eigenvalue weighted by Gasteiger charge is 2.61. The number of hydrogen-bond acceptors (Lipinski definition) is 3. The highest BCUT2D eigenvalue weighted by molar-refractivity contribution is 5.13. The van der Waals surface area contributed by atoms with E-state index >= 15 is 0 Å². The van der Waals surface area contributed by atoms with Gasteiger partial charge in [0, 0.05) is 6.61 Å². The van der Waals surface area contributed by atoms with Crippen LogP contribution in [-0.4, -0.2) is 23.9 Å². The first-order valence-electron chi connectivity index (χ1n) is 11.5. The maximum atomic E-state index is 10.7. The molecule has 0 aromatic heterocycles. The lowest BCUT2D eigenvalue weighted by atomic mass is 9.44. The fourth-order valence-corrected chi connectivity index (χ4v) is 7.95. The summed E-state index contributed by atoms with van der Waals surface area (Å²) in [5.74, 6) is 3.70. The lowest BCUT2D eigenvalue weighted by molar-refractivity contribution is -0.173. The molecule has 4 saturated carbocycles. The third-order valence-electron chi connectivity index (χ3n) is 9.46. The molecule has 4 aliphatic rings. The van der Waals surface area contributed by atoms with Crippen LogP contribution >= 0.6 is 0 Å². The van der Waals surface area contributed by atoms with Gasteiger partial charge in [0.1, 0.15) is 0 Å². The number of hydrogen-bond donors (Lipinski definition) is 1. The van der Waals surface area contributed by atoms with E-state index in [1.54, 1.807) is 0 Å². The molecule has 0 aliphatic heterocycles. The average Bonchev–Trinajstić information content (AvgIpc) is 2.96. The Labute approximate surface area is 165 Å². The molecule has 0 radical (unpaired) electrons. The lowest BCUT2D eigenvalue weighted by Crippen LogP contribution is -2.57. The largest absolute Gasteiger partial charge is 0.390 e. The first-order chi connectivity index (χ1) is 12.8. The van der Waals surface area contributed by atoms with Crippen LogP contribution in [0.1, 0.15) is 79.1 Å². The summed E-state index contributed by atoms with van der Waals surface area (Å²) in [4.78, 5) is 0. The van der Waals surface area contributed by atoms with Crippen molar-refractivity contribution < 1.29 is 9.84 Å². The predicted octanol–water partition coefficient (Wildman–Crippen LogP) is 5.18. The van der Waals surface area contributed by atoms with E-state index in [0.717, 1.165) is 43.6 Å². The zero-order chi connectivity index (χ0) is 19.4. The Bertz CT molecular complexity index is 598. The Hall–Kier alpha value is -0.590. The van der Waals surface area contributed by atoms with E-state index in [1.165, 1.54) is 32.1 Å². The van der Waals surface area contributed by atoms with Crippen LogP contribution in [0.2, 0.25) is 0 Å². The fourth-order valence-electron chi connectivity index (χ4n) is 7.95. The maximum Gasteiger partial charge on any atom is 0.0839 e. The van der Waals surface area contributed by atoms with E-state index in [9.17, 15) is 10.4 Å². The molecule has 1 unspecified atom stereocenters. The highest BCUT2D eigenvalue weighted by atomic mass is 16.5. The van der Waals surface area contributed by atoms with E-state index in [-0.39, 0.29) is 23.5 Å². The number of aliphatic hydroxyl groups excluding tert-OH is 1. The Morgan fingerprint density at radius 1 is 1.07 bits per heavy atom. The van der Waals surface area contributed by atoms with Gasteiger partial charge in [-0.15, -0.1) is 0 Å². The molecule has 1 N–H and O–H groups in total. The second-order valence-electron chi connectivity index (χ2n) is 11.2. The zero-order valence-electron chi connectivity index (χ0n) is 17.8. The van der Waals surface area contributed by atoms with Crippen LogP contribution in [0, 0.1) is 57.7 Å². The molecule has 3 heteroatoms. The van der Waals surface area contributed by atoms with Crippen LogP contribution < -0.4 is 0 Å². The molecule has 27 heavy (non-hydrogen) atoms. The third kappa shape index (κ3) is 3.06. The summed E-state index contributed by atoms with van der Waals surface area (Å²) in [5.41, 5.74) is 0.552. The van der Waals surface area contributed by atoms with Gasteiger partial charge in [0.15, 0.2) is 0 Å².